The number of amides is 2. The molecule has 1 aliphatic heterocycles. The summed E-state index contributed by atoms with van der Waals surface area (Å²) in [6, 6.07) is 13.3. The van der Waals surface area contributed by atoms with Crippen molar-refractivity contribution in [1.29, 1.82) is 0 Å². The van der Waals surface area contributed by atoms with Gasteiger partial charge in [-0.15, -0.1) is 0 Å². The Morgan fingerprint density at radius 3 is 2.52 bits per heavy atom. The van der Waals surface area contributed by atoms with Crippen LogP contribution >= 0.6 is 0 Å². The fraction of sp³-hybridized carbons (Fsp3) is 0.400. The van der Waals surface area contributed by atoms with Crippen molar-refractivity contribution >= 4 is 17.5 Å². The van der Waals surface area contributed by atoms with Crippen molar-refractivity contribution in [2.45, 2.75) is 44.9 Å². The molecule has 0 aliphatic carbocycles. The highest BCUT2D eigenvalue weighted by molar-refractivity contribution is 5.95. The van der Waals surface area contributed by atoms with Gasteiger partial charge in [-0.25, -0.2) is 0 Å². The van der Waals surface area contributed by atoms with E-state index in [1.807, 2.05) is 54.3 Å². The summed E-state index contributed by atoms with van der Waals surface area (Å²) in [5, 5.41) is 4.21. The maximum absolute atomic E-state index is 12.8. The van der Waals surface area contributed by atoms with Crippen LogP contribution in [-0.4, -0.2) is 51.5 Å². The van der Waals surface area contributed by atoms with Crippen LogP contribution in [-0.2, 0) is 15.0 Å². The van der Waals surface area contributed by atoms with Crippen molar-refractivity contribution in [2.75, 3.05) is 24.5 Å². The van der Waals surface area contributed by atoms with E-state index in [-0.39, 0.29) is 30.1 Å². The molecule has 2 amide bonds. The second-order valence-electron chi connectivity index (χ2n) is 8.58. The predicted octanol–water partition coefficient (Wildman–Crippen LogP) is 3.85. The molecule has 8 nitrogen and oxygen atoms in total. The number of pyridine rings is 1. The number of rotatable bonds is 7. The van der Waals surface area contributed by atoms with Crippen LogP contribution in [0, 0.1) is 0 Å². The maximum Gasteiger partial charge on any atom is 0.259 e. The minimum Gasteiger partial charge on any atom is -0.343 e. The molecular weight excluding hydrogens is 418 g/mol. The summed E-state index contributed by atoms with van der Waals surface area (Å²) < 4.78 is 5.45. The molecule has 33 heavy (non-hydrogen) atoms. The molecule has 0 radical (unpaired) electrons. The van der Waals surface area contributed by atoms with Crippen LogP contribution in [0.1, 0.15) is 45.4 Å². The Hall–Kier alpha value is -3.55. The molecule has 0 spiro atoms. The zero-order valence-electron chi connectivity index (χ0n) is 19.1. The third kappa shape index (κ3) is 5.10. The van der Waals surface area contributed by atoms with Crippen LogP contribution in [0.4, 0.5) is 5.69 Å². The number of hydrogen-bond donors (Lipinski definition) is 0. The number of benzene rings is 1. The SMILES string of the molecule is CCN(C(=O)CCC(=O)N1CCC(C)(c2noc(-c3cccnc3)n2)CC1)c1ccccc1. The van der Waals surface area contributed by atoms with Gasteiger partial charge in [-0.2, -0.15) is 4.98 Å². The topological polar surface area (TPSA) is 92.4 Å². The summed E-state index contributed by atoms with van der Waals surface area (Å²) >= 11 is 0. The molecule has 172 valence electrons. The van der Waals surface area contributed by atoms with Crippen molar-refractivity contribution in [2.24, 2.45) is 0 Å². The summed E-state index contributed by atoms with van der Waals surface area (Å²) in [5.41, 5.74) is 1.38. The molecular formula is C25H29N5O3. The van der Waals surface area contributed by atoms with Crippen molar-refractivity contribution in [1.82, 2.24) is 20.0 Å². The first-order chi connectivity index (χ1) is 16.0. The number of para-hydroxylation sites is 1. The number of anilines is 1. The number of nitrogens with zero attached hydrogens (tertiary/aromatic N) is 5. The molecule has 1 saturated heterocycles. The number of carbonyl (C=O) groups excluding carboxylic acids is 2. The van der Waals surface area contributed by atoms with Gasteiger partial charge in [-0.1, -0.05) is 30.3 Å². The molecule has 0 saturated carbocycles. The van der Waals surface area contributed by atoms with E-state index in [9.17, 15) is 9.59 Å². The normalized spacial score (nSPS) is 15.3. The summed E-state index contributed by atoms with van der Waals surface area (Å²) in [6.45, 7) is 5.84. The molecule has 0 bridgehead atoms. The number of piperidine rings is 1. The molecule has 0 unspecified atom stereocenters. The smallest absolute Gasteiger partial charge is 0.259 e. The number of aromatic nitrogens is 3. The van der Waals surface area contributed by atoms with Gasteiger partial charge in [-0.3, -0.25) is 14.6 Å². The van der Waals surface area contributed by atoms with Gasteiger partial charge >= 0.3 is 0 Å². The summed E-state index contributed by atoms with van der Waals surface area (Å²) in [4.78, 5) is 37.7. The van der Waals surface area contributed by atoms with Gasteiger partial charge in [0.25, 0.3) is 5.89 Å². The van der Waals surface area contributed by atoms with E-state index in [0.717, 1.165) is 24.1 Å². The minimum absolute atomic E-state index is 0.0127. The predicted molar refractivity (Wildman–Crippen MR) is 124 cm³/mol. The molecule has 1 aromatic carbocycles. The van der Waals surface area contributed by atoms with Gasteiger partial charge in [0, 0.05) is 56.0 Å². The van der Waals surface area contributed by atoms with Crippen molar-refractivity contribution in [3.05, 3.63) is 60.7 Å². The lowest BCUT2D eigenvalue weighted by Gasteiger charge is -2.37. The van der Waals surface area contributed by atoms with Crippen LogP contribution < -0.4 is 4.90 Å². The highest BCUT2D eigenvalue weighted by Gasteiger charge is 2.37. The lowest BCUT2D eigenvalue weighted by atomic mass is 9.79. The van der Waals surface area contributed by atoms with E-state index in [2.05, 4.69) is 22.0 Å². The monoisotopic (exact) mass is 447 g/mol. The quantitative estimate of drug-likeness (QED) is 0.546. The Morgan fingerprint density at radius 1 is 1.09 bits per heavy atom. The fourth-order valence-electron chi connectivity index (χ4n) is 4.17. The maximum atomic E-state index is 12.8. The van der Waals surface area contributed by atoms with E-state index in [1.54, 1.807) is 17.3 Å². The Labute approximate surface area is 193 Å². The molecule has 0 atom stereocenters. The van der Waals surface area contributed by atoms with Crippen LogP contribution in [0.2, 0.25) is 0 Å². The summed E-state index contributed by atoms with van der Waals surface area (Å²) in [7, 11) is 0. The molecule has 0 N–H and O–H groups in total. The van der Waals surface area contributed by atoms with E-state index in [4.69, 9.17) is 4.52 Å². The van der Waals surface area contributed by atoms with Crippen LogP contribution in [0.3, 0.4) is 0 Å². The van der Waals surface area contributed by atoms with Crippen molar-refractivity contribution < 1.29 is 14.1 Å². The summed E-state index contributed by atoms with van der Waals surface area (Å²) in [5.74, 6) is 1.09. The van der Waals surface area contributed by atoms with Gasteiger partial charge in [0.1, 0.15) is 0 Å². The van der Waals surface area contributed by atoms with Gasteiger partial charge in [-0.05, 0) is 44.0 Å². The van der Waals surface area contributed by atoms with E-state index in [0.29, 0.717) is 31.3 Å². The second kappa shape index (κ2) is 9.94. The fourth-order valence-corrected chi connectivity index (χ4v) is 4.17. The number of carbonyl (C=O) groups is 2. The Bertz CT molecular complexity index is 1080. The lowest BCUT2D eigenvalue weighted by Crippen LogP contribution is -2.44. The summed E-state index contributed by atoms with van der Waals surface area (Å²) in [6.07, 6.45) is 5.29. The number of hydrogen-bond acceptors (Lipinski definition) is 6. The molecule has 3 aromatic rings. The average molecular weight is 448 g/mol. The average Bonchev–Trinajstić information content (AvgIpc) is 3.36. The zero-order valence-corrected chi connectivity index (χ0v) is 19.1. The molecule has 1 fully saturated rings. The van der Waals surface area contributed by atoms with Gasteiger partial charge in [0.15, 0.2) is 5.82 Å². The first kappa shape index (κ1) is 22.6. The van der Waals surface area contributed by atoms with Gasteiger partial charge in [0.2, 0.25) is 11.8 Å². The third-order valence-corrected chi connectivity index (χ3v) is 6.33. The molecule has 2 aromatic heterocycles. The molecule has 3 heterocycles. The molecule has 8 heteroatoms. The number of likely N-dealkylation sites (tertiary alicyclic amines) is 1. The highest BCUT2D eigenvalue weighted by atomic mass is 16.5. The van der Waals surface area contributed by atoms with Crippen LogP contribution in [0.15, 0.2) is 59.4 Å². The first-order valence-corrected chi connectivity index (χ1v) is 11.4. The van der Waals surface area contributed by atoms with E-state index < -0.39 is 0 Å². The van der Waals surface area contributed by atoms with E-state index in [1.165, 1.54) is 0 Å². The van der Waals surface area contributed by atoms with E-state index >= 15 is 0 Å². The highest BCUT2D eigenvalue weighted by Crippen LogP contribution is 2.34. The Kier molecular flexibility index (Phi) is 6.82. The largest absolute Gasteiger partial charge is 0.343 e. The Balaban J connectivity index is 1.31. The lowest BCUT2D eigenvalue weighted by molar-refractivity contribution is -0.134. The molecule has 1 aliphatic rings. The van der Waals surface area contributed by atoms with Crippen molar-refractivity contribution in [3.8, 4) is 11.5 Å². The first-order valence-electron chi connectivity index (χ1n) is 11.4. The second-order valence-corrected chi connectivity index (χ2v) is 8.58. The van der Waals surface area contributed by atoms with Gasteiger partial charge in [0.05, 0.1) is 5.56 Å². The van der Waals surface area contributed by atoms with Gasteiger partial charge < -0.3 is 14.3 Å². The van der Waals surface area contributed by atoms with Crippen molar-refractivity contribution in [3.63, 3.8) is 0 Å². The zero-order chi connectivity index (χ0) is 23.3. The Morgan fingerprint density at radius 2 is 1.85 bits per heavy atom. The minimum atomic E-state index is -0.261. The third-order valence-electron chi connectivity index (χ3n) is 6.33. The molecule has 4 rings (SSSR count). The standard InChI is InChI=1S/C25H29N5O3/c1-3-30(20-9-5-4-6-10-20)22(32)12-11-21(31)29-16-13-25(2,14-17-29)24-27-23(33-28-24)19-8-7-15-26-18-19/h4-10,15,18H,3,11-14,16-17H2,1-2H3. The van der Waals surface area contributed by atoms with Crippen LogP contribution in [0.5, 0.6) is 0 Å². The van der Waals surface area contributed by atoms with Crippen LogP contribution in [0.25, 0.3) is 11.5 Å².